The van der Waals surface area contributed by atoms with Crippen LogP contribution in [0.1, 0.15) is 33.8 Å². The summed E-state index contributed by atoms with van der Waals surface area (Å²) >= 11 is 0. The normalized spacial score (nSPS) is 23.5. The number of carbonyl (C=O) groups is 1. The first-order chi connectivity index (χ1) is 14.7. The quantitative estimate of drug-likeness (QED) is 0.799. The van der Waals surface area contributed by atoms with Gasteiger partial charge in [0, 0.05) is 43.2 Å². The fourth-order valence-corrected chi connectivity index (χ4v) is 4.64. The predicted molar refractivity (Wildman–Crippen MR) is 103 cm³/mol. The van der Waals surface area contributed by atoms with Crippen molar-refractivity contribution >= 4 is 11.6 Å². The van der Waals surface area contributed by atoms with Crippen LogP contribution in [0, 0.1) is 29.6 Å². The maximum absolute atomic E-state index is 13.4. The third-order valence-corrected chi connectivity index (χ3v) is 6.47. The summed E-state index contributed by atoms with van der Waals surface area (Å²) in [4.78, 5) is 20.2. The number of fused-ring (bicyclic) bond motifs is 1. The van der Waals surface area contributed by atoms with Gasteiger partial charge in [0.2, 0.25) is 5.76 Å². The van der Waals surface area contributed by atoms with Crippen LogP contribution >= 0.6 is 0 Å². The Bertz CT molecular complexity index is 1050. The SMILES string of the molecule is Cc1ncoc1C(=O)N1C[C@H]2CN(c3ccc(C#N)c(C(F)(F)F)c3)CC[C@@]2(CO)C1. The van der Waals surface area contributed by atoms with Crippen LogP contribution in [-0.2, 0) is 6.18 Å². The number of nitriles is 1. The van der Waals surface area contributed by atoms with Gasteiger partial charge in [-0.1, -0.05) is 0 Å². The van der Waals surface area contributed by atoms with E-state index in [1.54, 1.807) is 17.9 Å². The minimum absolute atomic E-state index is 0.119. The number of amides is 1. The topological polar surface area (TPSA) is 93.6 Å². The number of hydrogen-bond acceptors (Lipinski definition) is 6. The summed E-state index contributed by atoms with van der Waals surface area (Å²) in [6.45, 7) is 3.09. The minimum atomic E-state index is -4.63. The maximum Gasteiger partial charge on any atom is 0.417 e. The molecule has 0 bridgehead atoms. The fourth-order valence-electron chi connectivity index (χ4n) is 4.64. The van der Waals surface area contributed by atoms with Gasteiger partial charge in [-0.15, -0.1) is 0 Å². The van der Waals surface area contributed by atoms with Gasteiger partial charge < -0.3 is 19.3 Å². The number of rotatable bonds is 3. The number of carbonyl (C=O) groups excluding carboxylic acids is 1. The Labute approximate surface area is 176 Å². The molecule has 2 aliphatic heterocycles. The number of oxazole rings is 1. The molecule has 1 aromatic heterocycles. The molecule has 2 aliphatic rings. The molecule has 2 saturated heterocycles. The Balaban J connectivity index is 1.57. The minimum Gasteiger partial charge on any atom is -0.438 e. The first-order valence-corrected chi connectivity index (χ1v) is 9.85. The molecular weight excluding hydrogens is 413 g/mol. The molecule has 1 aromatic carbocycles. The van der Waals surface area contributed by atoms with Crippen molar-refractivity contribution in [1.82, 2.24) is 9.88 Å². The molecule has 3 heterocycles. The molecule has 31 heavy (non-hydrogen) atoms. The number of hydrogen-bond donors (Lipinski definition) is 1. The van der Waals surface area contributed by atoms with Crippen molar-refractivity contribution in [3.8, 4) is 6.07 Å². The van der Waals surface area contributed by atoms with E-state index in [2.05, 4.69) is 4.98 Å². The van der Waals surface area contributed by atoms with Crippen LogP contribution in [0.2, 0.25) is 0 Å². The smallest absolute Gasteiger partial charge is 0.417 e. The molecule has 7 nitrogen and oxygen atoms in total. The lowest BCUT2D eigenvalue weighted by Crippen LogP contribution is -2.49. The van der Waals surface area contributed by atoms with E-state index in [-0.39, 0.29) is 24.2 Å². The van der Waals surface area contributed by atoms with Crippen molar-refractivity contribution in [3.63, 3.8) is 0 Å². The van der Waals surface area contributed by atoms with Crippen LogP contribution in [0.4, 0.5) is 18.9 Å². The number of benzene rings is 1. The average Bonchev–Trinajstić information content (AvgIpc) is 3.35. The Morgan fingerprint density at radius 1 is 1.42 bits per heavy atom. The summed E-state index contributed by atoms with van der Waals surface area (Å²) in [5.74, 6) is -0.268. The lowest BCUT2D eigenvalue weighted by molar-refractivity contribution is -0.137. The number of alkyl halides is 3. The fraction of sp³-hybridized carbons (Fsp3) is 0.476. The van der Waals surface area contributed by atoms with Crippen molar-refractivity contribution in [1.29, 1.82) is 5.26 Å². The summed E-state index contributed by atoms with van der Waals surface area (Å²) in [7, 11) is 0. The number of halogens is 3. The van der Waals surface area contributed by atoms with E-state index in [0.29, 0.717) is 44.0 Å². The molecule has 10 heteroatoms. The lowest BCUT2D eigenvalue weighted by atomic mass is 9.73. The van der Waals surface area contributed by atoms with Crippen LogP contribution < -0.4 is 4.90 Å². The average molecular weight is 434 g/mol. The van der Waals surface area contributed by atoms with E-state index in [4.69, 9.17) is 9.68 Å². The molecular formula is C21H21F3N4O3. The lowest BCUT2D eigenvalue weighted by Gasteiger charge is -2.43. The van der Waals surface area contributed by atoms with E-state index in [1.165, 1.54) is 18.5 Å². The third kappa shape index (κ3) is 3.63. The highest BCUT2D eigenvalue weighted by atomic mass is 19.4. The molecule has 0 unspecified atom stereocenters. The zero-order valence-electron chi connectivity index (χ0n) is 16.8. The molecule has 0 radical (unpaired) electrons. The molecule has 0 spiro atoms. The Morgan fingerprint density at radius 3 is 2.81 bits per heavy atom. The van der Waals surface area contributed by atoms with Crippen LogP contribution in [0.15, 0.2) is 29.0 Å². The van der Waals surface area contributed by atoms with Crippen molar-refractivity contribution < 1.29 is 27.5 Å². The second-order valence-electron chi connectivity index (χ2n) is 8.21. The van der Waals surface area contributed by atoms with Gasteiger partial charge in [0.1, 0.15) is 0 Å². The third-order valence-electron chi connectivity index (χ3n) is 6.47. The highest BCUT2D eigenvalue weighted by Crippen LogP contribution is 2.44. The Morgan fingerprint density at radius 2 is 2.19 bits per heavy atom. The number of nitrogens with zero attached hydrogens (tertiary/aromatic N) is 4. The second kappa shape index (κ2) is 7.57. The number of piperidine rings is 1. The van der Waals surface area contributed by atoms with Gasteiger partial charge >= 0.3 is 6.18 Å². The van der Waals surface area contributed by atoms with E-state index in [1.807, 2.05) is 4.90 Å². The van der Waals surface area contributed by atoms with Gasteiger partial charge in [-0.25, -0.2) is 4.98 Å². The van der Waals surface area contributed by atoms with E-state index >= 15 is 0 Å². The van der Waals surface area contributed by atoms with Gasteiger partial charge in [-0.3, -0.25) is 4.79 Å². The van der Waals surface area contributed by atoms with Crippen molar-refractivity contribution in [2.75, 3.05) is 37.7 Å². The van der Waals surface area contributed by atoms with Crippen LogP contribution in [0.25, 0.3) is 0 Å². The first kappa shape index (κ1) is 21.2. The van der Waals surface area contributed by atoms with Crippen LogP contribution in [0.5, 0.6) is 0 Å². The highest BCUT2D eigenvalue weighted by Gasteiger charge is 2.51. The number of aliphatic hydroxyl groups excluding tert-OH is 1. The summed E-state index contributed by atoms with van der Waals surface area (Å²) in [5, 5.41) is 19.1. The van der Waals surface area contributed by atoms with E-state index in [9.17, 15) is 23.1 Å². The molecule has 164 valence electrons. The van der Waals surface area contributed by atoms with Crippen LogP contribution in [0.3, 0.4) is 0 Å². The van der Waals surface area contributed by atoms with Crippen molar-refractivity contribution in [2.24, 2.45) is 11.3 Å². The second-order valence-corrected chi connectivity index (χ2v) is 8.21. The Kier molecular flexibility index (Phi) is 5.17. The first-order valence-electron chi connectivity index (χ1n) is 9.85. The molecule has 2 fully saturated rings. The van der Waals surface area contributed by atoms with E-state index < -0.39 is 22.7 Å². The number of anilines is 1. The van der Waals surface area contributed by atoms with Gasteiger partial charge in [0.25, 0.3) is 5.91 Å². The zero-order valence-corrected chi connectivity index (χ0v) is 16.8. The molecule has 4 rings (SSSR count). The van der Waals surface area contributed by atoms with E-state index in [0.717, 1.165) is 6.07 Å². The van der Waals surface area contributed by atoms with Gasteiger partial charge in [-0.05, 0) is 31.5 Å². The van der Waals surface area contributed by atoms with Gasteiger partial charge in [-0.2, -0.15) is 18.4 Å². The largest absolute Gasteiger partial charge is 0.438 e. The van der Waals surface area contributed by atoms with Gasteiger partial charge in [0.05, 0.1) is 29.5 Å². The summed E-state index contributed by atoms with van der Waals surface area (Å²) in [6, 6.07) is 5.28. The molecule has 0 saturated carbocycles. The molecule has 2 atom stereocenters. The number of aromatic nitrogens is 1. The van der Waals surface area contributed by atoms with Crippen molar-refractivity contribution in [2.45, 2.75) is 19.5 Å². The Hall–Kier alpha value is -3.06. The standard InChI is InChI=1S/C21H21F3N4O3/c1-13-18(31-12-26-13)19(30)28-9-15-8-27(5-4-20(15,10-28)11-29)16-3-2-14(7-25)17(6-16)21(22,23)24/h2-3,6,12,15,29H,4-5,8-11H2,1H3/t15-,20+/m1/s1. The molecule has 1 amide bonds. The highest BCUT2D eigenvalue weighted by molar-refractivity contribution is 5.92. The summed E-state index contributed by atoms with van der Waals surface area (Å²) in [6.07, 6.45) is -2.90. The predicted octanol–water partition coefficient (Wildman–Crippen LogP) is 2.83. The van der Waals surface area contributed by atoms with Gasteiger partial charge in [0.15, 0.2) is 6.39 Å². The number of likely N-dealkylation sites (tertiary alicyclic amines) is 1. The maximum atomic E-state index is 13.4. The molecule has 1 N–H and O–H groups in total. The summed E-state index contributed by atoms with van der Waals surface area (Å²) < 4.78 is 45.3. The number of aliphatic hydroxyl groups is 1. The van der Waals surface area contributed by atoms with Crippen molar-refractivity contribution in [3.05, 3.63) is 47.2 Å². The zero-order chi connectivity index (χ0) is 22.4. The number of aryl methyl sites for hydroxylation is 1. The molecule has 2 aromatic rings. The van der Waals surface area contributed by atoms with Crippen LogP contribution in [-0.4, -0.2) is 53.7 Å². The molecule has 0 aliphatic carbocycles. The monoisotopic (exact) mass is 434 g/mol. The summed E-state index contributed by atoms with van der Waals surface area (Å²) in [5.41, 5.74) is -1.04.